The number of hydrogen-bond acceptors (Lipinski definition) is 5. The molecule has 0 spiro atoms. The summed E-state index contributed by atoms with van der Waals surface area (Å²) in [5.41, 5.74) is 4.82. The second-order valence-corrected chi connectivity index (χ2v) is 4.12. The SMILES string of the molecule is COC(=O)c1cc(=O)nc(N)[se]1. The van der Waals surface area contributed by atoms with Gasteiger partial charge in [-0.1, -0.05) is 0 Å². The van der Waals surface area contributed by atoms with Crippen molar-refractivity contribution in [1.82, 2.24) is 4.98 Å². The molecule has 1 aromatic rings. The third-order valence-corrected chi connectivity index (χ3v) is 2.76. The summed E-state index contributed by atoms with van der Waals surface area (Å²) >= 11 is -0.374. The van der Waals surface area contributed by atoms with Gasteiger partial charge >= 0.3 is 73.4 Å². The molecule has 0 aliphatic carbocycles. The fraction of sp³-hybridized carbons (Fsp3) is 0.167. The first-order valence-electron chi connectivity index (χ1n) is 2.99. The quantitative estimate of drug-likeness (QED) is 0.490. The van der Waals surface area contributed by atoms with Crippen LogP contribution in [0.1, 0.15) is 9.23 Å². The molecule has 0 unspecified atom stereocenters. The fourth-order valence-electron chi connectivity index (χ4n) is 0.619. The number of nitrogens with two attached hydrogens (primary N) is 1. The molecule has 0 saturated carbocycles. The minimum absolute atomic E-state index is 0.204. The Balaban J connectivity index is 3.17. The Morgan fingerprint density at radius 2 is 2.42 bits per heavy atom. The van der Waals surface area contributed by atoms with Crippen LogP contribution in [0.4, 0.5) is 4.69 Å². The maximum atomic E-state index is 10.9. The van der Waals surface area contributed by atoms with E-state index in [4.69, 9.17) is 5.73 Å². The van der Waals surface area contributed by atoms with E-state index in [-0.39, 0.29) is 19.2 Å². The van der Waals surface area contributed by atoms with Gasteiger partial charge in [0.1, 0.15) is 0 Å². The number of hydrogen-bond donors (Lipinski definition) is 1. The fourth-order valence-corrected chi connectivity index (χ4v) is 2.06. The van der Waals surface area contributed by atoms with Crippen LogP contribution < -0.4 is 11.3 Å². The van der Waals surface area contributed by atoms with Gasteiger partial charge in [-0.05, 0) is 0 Å². The van der Waals surface area contributed by atoms with Crippen LogP contribution in [0.3, 0.4) is 0 Å². The van der Waals surface area contributed by atoms with E-state index >= 15 is 0 Å². The number of methoxy groups -OCH3 is 1. The average molecular weight is 233 g/mol. The Hall–Kier alpha value is -1.13. The number of ether oxygens (including phenoxy) is 1. The summed E-state index contributed by atoms with van der Waals surface area (Å²) in [5, 5.41) is 0. The van der Waals surface area contributed by atoms with Crippen LogP contribution in [-0.2, 0) is 4.74 Å². The Morgan fingerprint density at radius 3 is 2.92 bits per heavy atom. The average Bonchev–Trinajstić information content (AvgIpc) is 2.01. The Labute approximate surface area is 73.9 Å². The van der Waals surface area contributed by atoms with Crippen LogP contribution in [-0.4, -0.2) is 32.6 Å². The molecule has 0 fully saturated rings. The maximum absolute atomic E-state index is 10.9. The molecule has 0 atom stereocenters. The molecule has 64 valence electrons. The number of nitrogens with zero attached hydrogens (tertiary/aromatic N) is 1. The van der Waals surface area contributed by atoms with Crippen molar-refractivity contribution in [2.75, 3.05) is 12.8 Å². The molecule has 0 aliphatic heterocycles. The second-order valence-electron chi connectivity index (χ2n) is 1.89. The zero-order valence-electron chi connectivity index (χ0n) is 6.23. The number of esters is 1. The van der Waals surface area contributed by atoms with E-state index in [0.29, 0.717) is 4.44 Å². The zero-order valence-corrected chi connectivity index (χ0v) is 7.95. The molecule has 6 heteroatoms. The van der Waals surface area contributed by atoms with Crippen molar-refractivity contribution in [2.24, 2.45) is 0 Å². The van der Waals surface area contributed by atoms with Gasteiger partial charge in [0, 0.05) is 0 Å². The van der Waals surface area contributed by atoms with Gasteiger partial charge in [0.2, 0.25) is 0 Å². The molecule has 0 saturated heterocycles. The number of nitrogen functional groups attached to an aromatic ring is 1. The van der Waals surface area contributed by atoms with E-state index in [1.165, 1.54) is 7.11 Å². The summed E-state index contributed by atoms with van der Waals surface area (Å²) in [6, 6.07) is 1.15. The van der Waals surface area contributed by atoms with E-state index in [1.54, 1.807) is 0 Å². The van der Waals surface area contributed by atoms with Crippen molar-refractivity contribution in [3.63, 3.8) is 0 Å². The van der Waals surface area contributed by atoms with Crippen molar-refractivity contribution >= 4 is 25.2 Å². The summed E-state index contributed by atoms with van der Waals surface area (Å²) in [7, 11) is 1.26. The van der Waals surface area contributed by atoms with Gasteiger partial charge in [0.25, 0.3) is 0 Å². The molecule has 1 rings (SSSR count). The first-order valence-corrected chi connectivity index (χ1v) is 4.71. The van der Waals surface area contributed by atoms with Gasteiger partial charge in [0.15, 0.2) is 0 Å². The summed E-state index contributed by atoms with van der Waals surface area (Å²) < 4.78 is 4.94. The third kappa shape index (κ3) is 1.93. The molecule has 0 bridgehead atoms. The number of carbonyl (C=O) groups is 1. The standard InChI is InChI=1S/C6H6N2O3Se/c1-11-5(10)3-2-4(9)8-6(7)12-3/h2H,1H3,(H2,7,8,9). The van der Waals surface area contributed by atoms with Crippen molar-refractivity contribution in [1.29, 1.82) is 0 Å². The Kier molecular flexibility index (Phi) is 2.62. The molecule has 0 aliphatic rings. The van der Waals surface area contributed by atoms with E-state index in [9.17, 15) is 9.59 Å². The molecule has 2 N–H and O–H groups in total. The van der Waals surface area contributed by atoms with Gasteiger partial charge in [-0.3, -0.25) is 0 Å². The normalized spacial score (nSPS) is 9.42. The summed E-state index contributed by atoms with van der Waals surface area (Å²) in [5.74, 6) is -0.513. The van der Waals surface area contributed by atoms with Crippen LogP contribution >= 0.6 is 0 Å². The second kappa shape index (κ2) is 3.51. The van der Waals surface area contributed by atoms with E-state index < -0.39 is 11.5 Å². The predicted molar refractivity (Wildman–Crippen MR) is 43.2 cm³/mol. The van der Waals surface area contributed by atoms with E-state index in [0.717, 1.165) is 6.07 Å². The van der Waals surface area contributed by atoms with E-state index in [1.807, 2.05) is 0 Å². The van der Waals surface area contributed by atoms with Gasteiger partial charge in [-0.25, -0.2) is 0 Å². The molecule has 0 amide bonds. The minimum atomic E-state index is -0.513. The topological polar surface area (TPSA) is 82.3 Å². The van der Waals surface area contributed by atoms with Gasteiger partial charge < -0.3 is 0 Å². The summed E-state index contributed by atoms with van der Waals surface area (Å²) in [6.45, 7) is 0. The molecule has 0 aromatic carbocycles. The van der Waals surface area contributed by atoms with Crippen molar-refractivity contribution < 1.29 is 9.53 Å². The summed E-state index contributed by atoms with van der Waals surface area (Å²) in [4.78, 5) is 25.1. The van der Waals surface area contributed by atoms with Crippen molar-refractivity contribution in [3.05, 3.63) is 20.9 Å². The van der Waals surface area contributed by atoms with Crippen LogP contribution in [0.5, 0.6) is 0 Å². The first-order chi connectivity index (χ1) is 5.63. The molecule has 5 nitrogen and oxygen atoms in total. The van der Waals surface area contributed by atoms with Gasteiger partial charge in [-0.15, -0.1) is 0 Å². The molecule has 1 aromatic heterocycles. The predicted octanol–water partition coefficient (Wildman–Crippen LogP) is -1.13. The van der Waals surface area contributed by atoms with Crippen LogP contribution in [0.15, 0.2) is 10.9 Å². The molecular formula is C6H6N2O3Se. The Morgan fingerprint density at radius 1 is 1.75 bits per heavy atom. The number of rotatable bonds is 1. The molecule has 12 heavy (non-hydrogen) atoms. The molecule has 0 radical (unpaired) electrons. The molecule has 1 heterocycles. The number of anilines is 1. The van der Waals surface area contributed by atoms with Crippen LogP contribution in [0, 0.1) is 0 Å². The van der Waals surface area contributed by atoms with Gasteiger partial charge in [-0.2, -0.15) is 0 Å². The number of carbonyl (C=O) groups excluding carboxylic acids is 1. The number of aromatic nitrogens is 1. The zero-order chi connectivity index (χ0) is 9.14. The van der Waals surface area contributed by atoms with Crippen molar-refractivity contribution in [3.8, 4) is 0 Å². The van der Waals surface area contributed by atoms with E-state index in [2.05, 4.69) is 9.72 Å². The monoisotopic (exact) mass is 234 g/mol. The molecular weight excluding hydrogens is 227 g/mol. The Bertz CT molecular complexity index is 360. The van der Waals surface area contributed by atoms with Gasteiger partial charge in [0.05, 0.1) is 0 Å². The van der Waals surface area contributed by atoms with Crippen molar-refractivity contribution in [2.45, 2.75) is 0 Å². The third-order valence-electron chi connectivity index (χ3n) is 1.08. The van der Waals surface area contributed by atoms with Crippen LogP contribution in [0.2, 0.25) is 0 Å². The van der Waals surface area contributed by atoms with Crippen LogP contribution in [0.25, 0.3) is 0 Å². The summed E-state index contributed by atoms with van der Waals surface area (Å²) in [6.07, 6.45) is 0. The first kappa shape index (κ1) is 8.96.